The van der Waals surface area contributed by atoms with Gasteiger partial charge in [0.05, 0.1) is 5.52 Å². The molecule has 1 aromatic heterocycles. The van der Waals surface area contributed by atoms with E-state index in [0.29, 0.717) is 17.9 Å². The van der Waals surface area contributed by atoms with Gasteiger partial charge in [0, 0.05) is 37.6 Å². The molecule has 0 aliphatic heterocycles. The lowest BCUT2D eigenvalue weighted by atomic mass is 9.86. The second-order valence-electron chi connectivity index (χ2n) is 9.52. The number of aryl methyl sites for hydroxylation is 1. The number of nitrogens with one attached hydrogen (secondary N) is 2. The highest BCUT2D eigenvalue weighted by molar-refractivity contribution is 5.94. The molecule has 0 saturated heterocycles. The minimum Gasteiger partial charge on any atom is -0.475 e. The van der Waals surface area contributed by atoms with Crippen LogP contribution in [-0.2, 0) is 4.79 Å². The summed E-state index contributed by atoms with van der Waals surface area (Å²) in [6.45, 7) is 2.76. The molecule has 1 heterocycles. The number of halogens is 3. The number of carbonyl (C=O) groups is 2. The first kappa shape index (κ1) is 28.7. The van der Waals surface area contributed by atoms with Gasteiger partial charge in [-0.1, -0.05) is 29.8 Å². The summed E-state index contributed by atoms with van der Waals surface area (Å²) < 4.78 is 31.7. The van der Waals surface area contributed by atoms with Gasteiger partial charge in [-0.05, 0) is 62.8 Å². The summed E-state index contributed by atoms with van der Waals surface area (Å²) in [5.74, 6) is -0.602. The summed E-state index contributed by atoms with van der Waals surface area (Å²) in [6.07, 6.45) is -0.808. The molecule has 3 aromatic rings. The molecule has 3 N–H and O–H groups in total. The molecule has 1 amide bonds. The third-order valence-corrected chi connectivity index (χ3v) is 6.29. The normalized spacial score (nSPS) is 17.2. The fourth-order valence-electron chi connectivity index (χ4n) is 4.20. The van der Waals surface area contributed by atoms with Crippen LogP contribution >= 0.6 is 0 Å². The Hall–Kier alpha value is -3.89. The lowest BCUT2D eigenvalue weighted by Gasteiger charge is -2.29. The molecule has 1 saturated carbocycles. The number of hydrogen-bond donors (Lipinski definition) is 3. The van der Waals surface area contributed by atoms with Gasteiger partial charge in [0.1, 0.15) is 5.82 Å². The van der Waals surface area contributed by atoms with Crippen LogP contribution in [0, 0.1) is 12.8 Å². The number of fused-ring (bicyclic) bond motifs is 1. The highest BCUT2D eigenvalue weighted by Crippen LogP contribution is 2.28. The van der Waals surface area contributed by atoms with Crippen molar-refractivity contribution in [3.05, 3.63) is 59.7 Å². The average molecular weight is 532 g/mol. The monoisotopic (exact) mass is 531 g/mol. The number of aromatic nitrogens is 2. The molecule has 11 heteroatoms. The molecule has 38 heavy (non-hydrogen) atoms. The Balaban J connectivity index is 0.000000505. The summed E-state index contributed by atoms with van der Waals surface area (Å²) in [5, 5.41) is 14.8. The van der Waals surface area contributed by atoms with Crippen molar-refractivity contribution in [1.82, 2.24) is 15.3 Å². The number of benzene rings is 2. The van der Waals surface area contributed by atoms with Crippen molar-refractivity contribution in [1.29, 1.82) is 0 Å². The Morgan fingerprint density at radius 1 is 1.00 bits per heavy atom. The Morgan fingerprint density at radius 2 is 1.61 bits per heavy atom. The SMILES string of the molecule is Cc1ccc(C(=O)NCC2CCC(Nc3nc(N(C)C)c4ccccc4n3)CC2)cc1.O=C(O)C(F)(F)F. The summed E-state index contributed by atoms with van der Waals surface area (Å²) in [6, 6.07) is 16.2. The van der Waals surface area contributed by atoms with Crippen molar-refractivity contribution in [2.24, 2.45) is 5.92 Å². The van der Waals surface area contributed by atoms with Gasteiger partial charge in [0.15, 0.2) is 0 Å². The van der Waals surface area contributed by atoms with Gasteiger partial charge in [-0.25, -0.2) is 9.78 Å². The van der Waals surface area contributed by atoms with Crippen molar-refractivity contribution in [3.8, 4) is 0 Å². The van der Waals surface area contributed by atoms with Gasteiger partial charge in [-0.2, -0.15) is 18.2 Å². The van der Waals surface area contributed by atoms with Gasteiger partial charge in [-0.15, -0.1) is 0 Å². The first-order valence-corrected chi connectivity index (χ1v) is 12.3. The fourth-order valence-corrected chi connectivity index (χ4v) is 4.20. The third kappa shape index (κ3) is 8.06. The zero-order valence-corrected chi connectivity index (χ0v) is 21.5. The number of carboxylic acids is 1. The predicted molar refractivity (Wildman–Crippen MR) is 140 cm³/mol. The van der Waals surface area contributed by atoms with Crippen molar-refractivity contribution >= 4 is 34.5 Å². The van der Waals surface area contributed by atoms with Gasteiger partial charge in [-0.3, -0.25) is 4.79 Å². The number of aliphatic carboxylic acids is 1. The maximum Gasteiger partial charge on any atom is 0.490 e. The number of anilines is 2. The van der Waals surface area contributed by atoms with Crippen LogP contribution in [0.2, 0.25) is 0 Å². The van der Waals surface area contributed by atoms with E-state index in [1.54, 1.807) is 0 Å². The van der Waals surface area contributed by atoms with Crippen LogP contribution in [0.15, 0.2) is 48.5 Å². The molecule has 4 rings (SSSR count). The minimum absolute atomic E-state index is 0.0148. The maximum absolute atomic E-state index is 12.4. The fraction of sp³-hybridized carbons (Fsp3) is 0.407. The largest absolute Gasteiger partial charge is 0.490 e. The molecule has 0 atom stereocenters. The van der Waals surface area contributed by atoms with E-state index in [-0.39, 0.29) is 5.91 Å². The van der Waals surface area contributed by atoms with E-state index in [0.717, 1.165) is 60.1 Å². The van der Waals surface area contributed by atoms with Crippen LogP contribution in [0.5, 0.6) is 0 Å². The van der Waals surface area contributed by atoms with E-state index in [2.05, 4.69) is 16.7 Å². The van der Waals surface area contributed by atoms with Crippen LogP contribution in [-0.4, -0.2) is 59.8 Å². The quantitative estimate of drug-likeness (QED) is 0.409. The van der Waals surface area contributed by atoms with Crippen LogP contribution < -0.4 is 15.5 Å². The molecule has 1 fully saturated rings. The van der Waals surface area contributed by atoms with Gasteiger partial charge in [0.2, 0.25) is 5.95 Å². The summed E-state index contributed by atoms with van der Waals surface area (Å²) in [7, 11) is 4.02. The molecule has 0 spiro atoms. The van der Waals surface area contributed by atoms with E-state index >= 15 is 0 Å². The lowest BCUT2D eigenvalue weighted by Crippen LogP contribution is -2.34. The number of alkyl halides is 3. The van der Waals surface area contributed by atoms with Gasteiger partial charge >= 0.3 is 12.1 Å². The molecule has 0 unspecified atom stereocenters. The standard InChI is InChI=1S/C25H31N5O.C2HF3O2/c1-17-8-12-19(13-9-17)24(31)26-16-18-10-14-20(15-11-18)27-25-28-22-7-5-4-6-21(22)23(29-25)30(2)3;3-2(4,5)1(6)7/h4-9,12-13,18,20H,10-11,14-16H2,1-3H3,(H,26,31)(H,27,28,29);(H,6,7). The maximum atomic E-state index is 12.4. The highest BCUT2D eigenvalue weighted by atomic mass is 19.4. The zero-order valence-electron chi connectivity index (χ0n) is 21.5. The summed E-state index contributed by atoms with van der Waals surface area (Å²) in [4.78, 5) is 32.8. The molecule has 1 aliphatic carbocycles. The first-order valence-electron chi connectivity index (χ1n) is 12.3. The van der Waals surface area contributed by atoms with E-state index < -0.39 is 12.1 Å². The Bertz CT molecular complexity index is 1240. The van der Waals surface area contributed by atoms with E-state index in [1.807, 2.05) is 68.4 Å². The van der Waals surface area contributed by atoms with E-state index in [4.69, 9.17) is 19.9 Å². The smallest absolute Gasteiger partial charge is 0.475 e. The topological polar surface area (TPSA) is 107 Å². The molecular weight excluding hydrogens is 499 g/mol. The first-order chi connectivity index (χ1) is 17.9. The number of carboxylic acid groups (broad SMARTS) is 1. The average Bonchev–Trinajstić information content (AvgIpc) is 2.88. The third-order valence-electron chi connectivity index (χ3n) is 6.29. The van der Waals surface area contributed by atoms with Gasteiger partial charge in [0.25, 0.3) is 5.91 Å². The molecule has 8 nitrogen and oxygen atoms in total. The zero-order chi connectivity index (χ0) is 27.9. The van der Waals surface area contributed by atoms with Crippen molar-refractivity contribution in [2.45, 2.75) is 44.8 Å². The van der Waals surface area contributed by atoms with Crippen molar-refractivity contribution in [2.75, 3.05) is 30.9 Å². The lowest BCUT2D eigenvalue weighted by molar-refractivity contribution is -0.192. The van der Waals surface area contributed by atoms with Crippen LogP contribution in [0.1, 0.15) is 41.6 Å². The highest BCUT2D eigenvalue weighted by Gasteiger charge is 2.38. The molecule has 0 bridgehead atoms. The molecule has 0 radical (unpaired) electrons. The Labute approximate surface area is 219 Å². The Kier molecular flexibility index (Phi) is 9.49. The minimum atomic E-state index is -5.08. The predicted octanol–water partition coefficient (Wildman–Crippen LogP) is 5.04. The van der Waals surface area contributed by atoms with E-state index in [1.165, 1.54) is 0 Å². The summed E-state index contributed by atoms with van der Waals surface area (Å²) in [5.41, 5.74) is 2.85. The van der Waals surface area contributed by atoms with Crippen LogP contribution in [0.25, 0.3) is 10.9 Å². The molecule has 2 aromatic carbocycles. The second kappa shape index (κ2) is 12.6. The van der Waals surface area contributed by atoms with Crippen molar-refractivity contribution in [3.63, 3.8) is 0 Å². The van der Waals surface area contributed by atoms with E-state index in [9.17, 15) is 18.0 Å². The van der Waals surface area contributed by atoms with Crippen LogP contribution in [0.3, 0.4) is 0 Å². The van der Waals surface area contributed by atoms with Crippen LogP contribution in [0.4, 0.5) is 24.9 Å². The molecule has 1 aliphatic rings. The number of amides is 1. The number of hydrogen-bond acceptors (Lipinski definition) is 6. The molecular formula is C27H32F3N5O3. The summed E-state index contributed by atoms with van der Waals surface area (Å²) >= 11 is 0. The number of para-hydroxylation sites is 1. The second-order valence-corrected chi connectivity index (χ2v) is 9.52. The molecule has 204 valence electrons. The Morgan fingerprint density at radius 3 is 2.18 bits per heavy atom. The van der Waals surface area contributed by atoms with Gasteiger partial charge < -0.3 is 20.6 Å². The van der Waals surface area contributed by atoms with Crippen molar-refractivity contribution < 1.29 is 27.9 Å². The number of carbonyl (C=O) groups excluding carboxylic acids is 1. The number of nitrogens with zero attached hydrogens (tertiary/aromatic N) is 3. The number of rotatable bonds is 6.